The molecule has 2 N–H and O–H groups in total. The number of aromatic nitrogens is 1. The summed E-state index contributed by atoms with van der Waals surface area (Å²) >= 11 is 0. The molecule has 0 aromatic carbocycles. The maximum atomic E-state index is 10.6. The zero-order valence-corrected chi connectivity index (χ0v) is 8.71. The van der Waals surface area contributed by atoms with Crippen molar-refractivity contribution in [1.29, 1.82) is 0 Å². The molecule has 86 valence electrons. The molecule has 16 heavy (non-hydrogen) atoms. The maximum absolute atomic E-state index is 10.6. The molecule has 1 aromatic heterocycles. The van der Waals surface area contributed by atoms with Crippen molar-refractivity contribution in [3.63, 3.8) is 0 Å². The van der Waals surface area contributed by atoms with Gasteiger partial charge in [0.15, 0.2) is 0 Å². The minimum absolute atomic E-state index is 0.188. The highest BCUT2D eigenvalue weighted by Crippen LogP contribution is 2.17. The fraction of sp³-hybridized carbons (Fsp3) is 0.300. The van der Waals surface area contributed by atoms with Gasteiger partial charge in [-0.15, -0.1) is 0 Å². The second-order valence-corrected chi connectivity index (χ2v) is 3.07. The molecule has 0 bridgehead atoms. The first-order valence-corrected chi connectivity index (χ1v) is 4.58. The van der Waals surface area contributed by atoms with Gasteiger partial charge < -0.3 is 15.2 Å². The number of carboxylic acid groups (broad SMARTS) is 1. The predicted molar refractivity (Wildman–Crippen MR) is 55.0 cm³/mol. The van der Waals surface area contributed by atoms with Gasteiger partial charge in [-0.25, -0.2) is 4.98 Å². The van der Waals surface area contributed by atoms with Crippen molar-refractivity contribution in [2.24, 2.45) is 0 Å². The van der Waals surface area contributed by atoms with Crippen molar-refractivity contribution in [1.82, 2.24) is 10.3 Å². The van der Waals surface area contributed by atoms with Crippen molar-refractivity contribution in [3.8, 4) is 5.88 Å². The van der Waals surface area contributed by atoms with E-state index in [9.17, 15) is 9.59 Å². The topological polar surface area (TPSA) is 88.5 Å². The van der Waals surface area contributed by atoms with Gasteiger partial charge in [0.1, 0.15) is 0 Å². The van der Waals surface area contributed by atoms with Crippen molar-refractivity contribution in [2.45, 2.75) is 12.5 Å². The van der Waals surface area contributed by atoms with Gasteiger partial charge in [0.05, 0.1) is 19.6 Å². The normalized spacial score (nSPS) is 11.6. The van der Waals surface area contributed by atoms with E-state index in [0.29, 0.717) is 17.9 Å². The molecule has 0 saturated carbocycles. The van der Waals surface area contributed by atoms with E-state index in [4.69, 9.17) is 9.84 Å². The predicted octanol–water partition coefficient (Wildman–Crippen LogP) is 0.352. The Kier molecular flexibility index (Phi) is 4.26. The van der Waals surface area contributed by atoms with Crippen LogP contribution in [0.25, 0.3) is 0 Å². The lowest BCUT2D eigenvalue weighted by Crippen LogP contribution is -2.22. The Morgan fingerprint density at radius 1 is 1.69 bits per heavy atom. The van der Waals surface area contributed by atoms with Crippen molar-refractivity contribution >= 4 is 12.4 Å². The number of pyridine rings is 1. The third kappa shape index (κ3) is 3.23. The lowest BCUT2D eigenvalue weighted by atomic mass is 10.1. The van der Waals surface area contributed by atoms with Crippen molar-refractivity contribution in [3.05, 3.63) is 23.9 Å². The molecule has 0 radical (unpaired) electrons. The Bertz CT molecular complexity index is 364. The number of amides is 1. The van der Waals surface area contributed by atoms with Crippen molar-refractivity contribution < 1.29 is 19.4 Å². The van der Waals surface area contributed by atoms with Gasteiger partial charge in [-0.3, -0.25) is 9.59 Å². The fourth-order valence-corrected chi connectivity index (χ4v) is 1.25. The summed E-state index contributed by atoms with van der Waals surface area (Å²) in [6, 6.07) is 2.69. The average molecular weight is 224 g/mol. The van der Waals surface area contributed by atoms with Gasteiger partial charge in [0.25, 0.3) is 0 Å². The van der Waals surface area contributed by atoms with Crippen LogP contribution in [-0.4, -0.2) is 29.6 Å². The molecule has 1 heterocycles. The van der Waals surface area contributed by atoms with Crippen LogP contribution in [0.5, 0.6) is 5.88 Å². The van der Waals surface area contributed by atoms with E-state index in [0.717, 1.165) is 0 Å². The first-order valence-electron chi connectivity index (χ1n) is 4.58. The van der Waals surface area contributed by atoms with Crippen LogP contribution in [0.4, 0.5) is 0 Å². The quantitative estimate of drug-likeness (QED) is 0.681. The summed E-state index contributed by atoms with van der Waals surface area (Å²) in [6.45, 7) is 0. The summed E-state index contributed by atoms with van der Waals surface area (Å²) in [7, 11) is 1.49. The van der Waals surface area contributed by atoms with Crippen LogP contribution in [0, 0.1) is 0 Å². The molecule has 1 atom stereocenters. The van der Waals surface area contributed by atoms with Gasteiger partial charge in [-0.2, -0.15) is 0 Å². The van der Waals surface area contributed by atoms with E-state index in [-0.39, 0.29) is 6.42 Å². The summed E-state index contributed by atoms with van der Waals surface area (Å²) in [4.78, 5) is 24.9. The molecule has 0 fully saturated rings. The third-order valence-electron chi connectivity index (χ3n) is 2.02. The maximum Gasteiger partial charge on any atom is 0.305 e. The number of carbonyl (C=O) groups excluding carboxylic acids is 1. The zero-order chi connectivity index (χ0) is 12.0. The number of methoxy groups -OCH3 is 1. The Labute approximate surface area is 92.3 Å². The Hall–Kier alpha value is -2.11. The van der Waals surface area contributed by atoms with Crippen LogP contribution in [0.1, 0.15) is 18.0 Å². The number of aliphatic carboxylic acids is 1. The summed E-state index contributed by atoms with van der Waals surface area (Å²) in [6.07, 6.45) is 1.76. The standard InChI is InChI=1S/C10H12N2O4/c1-16-9-3-2-7(5-11-9)8(12-6-13)4-10(14)15/h2-3,5-6,8H,4H2,1H3,(H,12,13)(H,14,15)/t8-/m0/s1. The lowest BCUT2D eigenvalue weighted by Gasteiger charge is -2.13. The lowest BCUT2D eigenvalue weighted by molar-refractivity contribution is -0.137. The molecule has 1 rings (SSSR count). The highest BCUT2D eigenvalue weighted by atomic mass is 16.5. The monoisotopic (exact) mass is 224 g/mol. The Morgan fingerprint density at radius 3 is 2.88 bits per heavy atom. The molecule has 0 unspecified atom stereocenters. The van der Waals surface area contributed by atoms with Gasteiger partial charge in [-0.05, 0) is 5.56 Å². The number of carboxylic acids is 1. The SMILES string of the molecule is COc1ccc([C@H](CC(=O)O)NC=O)cn1. The summed E-state index contributed by atoms with van der Waals surface area (Å²) in [5, 5.41) is 11.1. The molecule has 0 aliphatic rings. The van der Waals surface area contributed by atoms with Gasteiger partial charge in [0, 0.05) is 12.3 Å². The zero-order valence-electron chi connectivity index (χ0n) is 8.71. The molecule has 0 aliphatic heterocycles. The van der Waals surface area contributed by atoms with Gasteiger partial charge in [-0.1, -0.05) is 6.07 Å². The Morgan fingerprint density at radius 2 is 2.44 bits per heavy atom. The molecule has 1 amide bonds. The number of rotatable bonds is 6. The average Bonchev–Trinajstić information content (AvgIpc) is 2.28. The number of nitrogens with one attached hydrogen (secondary N) is 1. The minimum Gasteiger partial charge on any atom is -0.481 e. The van der Waals surface area contributed by atoms with E-state index >= 15 is 0 Å². The summed E-state index contributed by atoms with van der Waals surface area (Å²) < 4.78 is 4.87. The number of ether oxygens (including phenoxy) is 1. The van der Waals surface area contributed by atoms with E-state index in [1.54, 1.807) is 12.1 Å². The number of hydrogen-bond acceptors (Lipinski definition) is 4. The molecular weight excluding hydrogens is 212 g/mol. The van der Waals surface area contributed by atoms with Crippen LogP contribution < -0.4 is 10.1 Å². The molecule has 0 aliphatic carbocycles. The molecule has 6 heteroatoms. The fourth-order valence-electron chi connectivity index (χ4n) is 1.25. The molecule has 1 aromatic rings. The second-order valence-electron chi connectivity index (χ2n) is 3.07. The third-order valence-corrected chi connectivity index (χ3v) is 2.02. The number of nitrogens with zero attached hydrogens (tertiary/aromatic N) is 1. The first kappa shape index (κ1) is 12.0. The van der Waals surface area contributed by atoms with Gasteiger partial charge in [0.2, 0.25) is 12.3 Å². The van der Waals surface area contributed by atoms with E-state index in [2.05, 4.69) is 10.3 Å². The highest BCUT2D eigenvalue weighted by molar-refractivity contribution is 5.68. The van der Waals surface area contributed by atoms with E-state index < -0.39 is 12.0 Å². The van der Waals surface area contributed by atoms with Crippen LogP contribution >= 0.6 is 0 Å². The molecular formula is C10H12N2O4. The summed E-state index contributed by atoms with van der Waals surface area (Å²) in [5.41, 5.74) is 0.621. The molecule has 6 nitrogen and oxygen atoms in total. The molecule has 0 saturated heterocycles. The number of hydrogen-bond donors (Lipinski definition) is 2. The van der Waals surface area contributed by atoms with Gasteiger partial charge >= 0.3 is 5.97 Å². The second kappa shape index (κ2) is 5.69. The first-order chi connectivity index (χ1) is 7.67. The smallest absolute Gasteiger partial charge is 0.305 e. The van der Waals surface area contributed by atoms with Crippen LogP contribution in [0.2, 0.25) is 0 Å². The van der Waals surface area contributed by atoms with E-state index in [1.807, 2.05) is 0 Å². The van der Waals surface area contributed by atoms with Crippen LogP contribution in [0.3, 0.4) is 0 Å². The van der Waals surface area contributed by atoms with Crippen molar-refractivity contribution in [2.75, 3.05) is 7.11 Å². The number of carbonyl (C=O) groups is 2. The minimum atomic E-state index is -0.991. The molecule has 0 spiro atoms. The summed E-state index contributed by atoms with van der Waals surface area (Å²) in [5.74, 6) is -0.556. The van der Waals surface area contributed by atoms with Crippen LogP contribution in [0.15, 0.2) is 18.3 Å². The largest absolute Gasteiger partial charge is 0.481 e. The highest BCUT2D eigenvalue weighted by Gasteiger charge is 2.14. The Balaban J connectivity index is 2.82. The van der Waals surface area contributed by atoms with E-state index in [1.165, 1.54) is 13.3 Å². The van der Waals surface area contributed by atoms with Crippen LogP contribution in [-0.2, 0) is 9.59 Å².